The van der Waals surface area contributed by atoms with E-state index >= 15 is 0 Å². The summed E-state index contributed by atoms with van der Waals surface area (Å²) >= 11 is 0. The van der Waals surface area contributed by atoms with Gasteiger partial charge < -0.3 is 10.6 Å². The summed E-state index contributed by atoms with van der Waals surface area (Å²) in [6.45, 7) is 3.55. The number of amides is 1. The molecule has 0 bridgehead atoms. The number of carbonyl (C=O) groups is 1. The van der Waals surface area contributed by atoms with Gasteiger partial charge >= 0.3 is 0 Å². The highest BCUT2D eigenvalue weighted by atomic mass is 16.2. The van der Waals surface area contributed by atoms with Crippen molar-refractivity contribution in [2.75, 3.05) is 13.1 Å². The Labute approximate surface area is 96.2 Å². The predicted octanol–water partition coefficient (Wildman–Crippen LogP) is 1.44. The van der Waals surface area contributed by atoms with E-state index in [1.54, 1.807) is 12.1 Å². The van der Waals surface area contributed by atoms with Crippen LogP contribution in [0.3, 0.4) is 0 Å². The van der Waals surface area contributed by atoms with Crippen LogP contribution >= 0.6 is 0 Å². The summed E-state index contributed by atoms with van der Waals surface area (Å²) in [5.74, 6) is 0.0901. The first-order valence-corrected chi connectivity index (χ1v) is 5.63. The minimum absolute atomic E-state index is 0.0901. The van der Waals surface area contributed by atoms with Gasteiger partial charge in [-0.15, -0.1) is 0 Å². The largest absolute Gasteiger partial charge is 0.339 e. The van der Waals surface area contributed by atoms with E-state index in [9.17, 15) is 4.79 Å². The molecule has 1 aromatic rings. The first-order valence-electron chi connectivity index (χ1n) is 5.63. The second-order valence-corrected chi connectivity index (χ2v) is 4.74. The Morgan fingerprint density at radius 1 is 1.50 bits per heavy atom. The van der Waals surface area contributed by atoms with Crippen molar-refractivity contribution >= 4 is 5.91 Å². The Morgan fingerprint density at radius 3 is 2.75 bits per heavy atom. The van der Waals surface area contributed by atoms with E-state index in [1.807, 2.05) is 24.0 Å². The second-order valence-electron chi connectivity index (χ2n) is 4.74. The third-order valence-corrected chi connectivity index (χ3v) is 3.15. The zero-order chi connectivity index (χ0) is 11.6. The molecule has 1 fully saturated rings. The van der Waals surface area contributed by atoms with Gasteiger partial charge in [0.1, 0.15) is 0 Å². The molecule has 0 saturated carbocycles. The topological polar surface area (TPSA) is 46.3 Å². The summed E-state index contributed by atoms with van der Waals surface area (Å²) in [7, 11) is 0. The van der Waals surface area contributed by atoms with E-state index in [-0.39, 0.29) is 11.4 Å². The second kappa shape index (κ2) is 4.26. The number of rotatable bonds is 1. The Morgan fingerprint density at radius 2 is 2.19 bits per heavy atom. The first-order chi connectivity index (χ1) is 7.58. The van der Waals surface area contributed by atoms with Crippen LogP contribution in [0.15, 0.2) is 24.3 Å². The maximum absolute atomic E-state index is 12.1. The van der Waals surface area contributed by atoms with Crippen LogP contribution in [0.25, 0.3) is 0 Å². The van der Waals surface area contributed by atoms with E-state index in [1.165, 1.54) is 0 Å². The van der Waals surface area contributed by atoms with Crippen molar-refractivity contribution < 1.29 is 4.79 Å². The van der Waals surface area contributed by atoms with Crippen LogP contribution in [-0.2, 0) is 0 Å². The summed E-state index contributed by atoms with van der Waals surface area (Å²) < 4.78 is 0. The molecule has 1 amide bonds. The van der Waals surface area contributed by atoms with Gasteiger partial charge in [0.05, 0.1) is 0 Å². The van der Waals surface area contributed by atoms with Gasteiger partial charge in [-0.25, -0.2) is 0 Å². The van der Waals surface area contributed by atoms with Crippen molar-refractivity contribution in [2.45, 2.75) is 25.3 Å². The number of hydrogen-bond donors (Lipinski definition) is 1. The highest BCUT2D eigenvalue weighted by Crippen LogP contribution is 2.20. The highest BCUT2D eigenvalue weighted by Gasteiger charge is 2.28. The van der Waals surface area contributed by atoms with Crippen LogP contribution in [0.2, 0.25) is 0 Å². The third-order valence-electron chi connectivity index (χ3n) is 3.15. The first kappa shape index (κ1) is 11.1. The maximum Gasteiger partial charge on any atom is 0.253 e. The van der Waals surface area contributed by atoms with Gasteiger partial charge in [-0.2, -0.15) is 0 Å². The molecule has 3 heteroatoms. The molecule has 1 aliphatic rings. The van der Waals surface area contributed by atoms with Crippen molar-refractivity contribution in [3.63, 3.8) is 0 Å². The molecule has 2 rings (SSSR count). The van der Waals surface area contributed by atoms with E-state index in [0.717, 1.165) is 25.9 Å². The van der Waals surface area contributed by atoms with E-state index < -0.39 is 0 Å². The molecule has 0 atom stereocenters. The molecule has 2 N–H and O–H groups in total. The Hall–Kier alpha value is -1.35. The molecular formula is C13H17N2O. The zero-order valence-corrected chi connectivity index (χ0v) is 9.57. The van der Waals surface area contributed by atoms with Gasteiger partial charge in [-0.1, -0.05) is 12.1 Å². The van der Waals surface area contributed by atoms with Crippen molar-refractivity contribution in [2.24, 2.45) is 5.73 Å². The van der Waals surface area contributed by atoms with Crippen LogP contribution in [0.5, 0.6) is 0 Å². The van der Waals surface area contributed by atoms with Crippen LogP contribution in [-0.4, -0.2) is 29.4 Å². The Kier molecular flexibility index (Phi) is 2.97. The van der Waals surface area contributed by atoms with Gasteiger partial charge in [0.15, 0.2) is 0 Å². The Balaban J connectivity index is 2.03. The maximum atomic E-state index is 12.1. The van der Waals surface area contributed by atoms with Crippen molar-refractivity contribution in [3.05, 3.63) is 35.9 Å². The zero-order valence-electron chi connectivity index (χ0n) is 9.57. The lowest BCUT2D eigenvalue weighted by molar-refractivity contribution is 0.0681. The molecule has 1 saturated heterocycles. The fraction of sp³-hybridized carbons (Fsp3) is 0.462. The van der Waals surface area contributed by atoms with Crippen molar-refractivity contribution in [3.8, 4) is 0 Å². The fourth-order valence-electron chi connectivity index (χ4n) is 1.93. The monoisotopic (exact) mass is 217 g/mol. The minimum Gasteiger partial charge on any atom is -0.339 e. The average molecular weight is 217 g/mol. The molecule has 1 aliphatic heterocycles. The summed E-state index contributed by atoms with van der Waals surface area (Å²) in [5.41, 5.74) is 6.63. The minimum atomic E-state index is -0.112. The number of hydrogen-bond acceptors (Lipinski definition) is 2. The van der Waals surface area contributed by atoms with E-state index in [0.29, 0.717) is 5.56 Å². The summed E-state index contributed by atoms with van der Waals surface area (Å²) in [5, 5.41) is 0. The van der Waals surface area contributed by atoms with E-state index in [2.05, 4.69) is 6.07 Å². The standard InChI is InChI=1S/C13H17N2O/c1-13(14)7-9-15(10-8-13)12(16)11-5-3-2-4-6-11/h2-3,5-6H,7-10,14H2,1H3. The fourth-order valence-corrected chi connectivity index (χ4v) is 1.93. The molecule has 0 spiro atoms. The van der Waals surface area contributed by atoms with Crippen molar-refractivity contribution in [1.82, 2.24) is 4.90 Å². The van der Waals surface area contributed by atoms with Gasteiger partial charge in [-0.3, -0.25) is 4.79 Å². The molecule has 16 heavy (non-hydrogen) atoms. The average Bonchev–Trinajstić information content (AvgIpc) is 2.29. The number of piperidine rings is 1. The number of likely N-dealkylation sites (tertiary alicyclic amines) is 1. The molecule has 1 heterocycles. The molecule has 0 unspecified atom stereocenters. The molecule has 1 aromatic carbocycles. The molecule has 3 nitrogen and oxygen atoms in total. The molecule has 85 valence electrons. The van der Waals surface area contributed by atoms with Crippen LogP contribution in [0.1, 0.15) is 30.1 Å². The Bertz CT molecular complexity index is 363. The van der Waals surface area contributed by atoms with Gasteiger partial charge in [-0.05, 0) is 38.0 Å². The van der Waals surface area contributed by atoms with Crippen LogP contribution in [0, 0.1) is 6.07 Å². The summed E-state index contributed by atoms with van der Waals surface area (Å²) in [4.78, 5) is 13.9. The lowest BCUT2D eigenvalue weighted by Crippen LogP contribution is -2.49. The summed E-state index contributed by atoms with van der Waals surface area (Å²) in [6.07, 6.45) is 1.74. The normalized spacial score (nSPS) is 19.5. The molecule has 1 radical (unpaired) electrons. The van der Waals surface area contributed by atoms with Gasteiger partial charge in [0.2, 0.25) is 0 Å². The number of nitrogens with zero attached hydrogens (tertiary/aromatic N) is 1. The molecular weight excluding hydrogens is 200 g/mol. The number of benzene rings is 1. The SMILES string of the molecule is CC1(N)CCN(C(=O)c2c[c]ccc2)CC1. The third kappa shape index (κ3) is 2.42. The highest BCUT2D eigenvalue weighted by molar-refractivity contribution is 5.94. The molecule has 0 aromatic heterocycles. The lowest BCUT2D eigenvalue weighted by atomic mass is 9.91. The number of nitrogens with two attached hydrogens (primary N) is 1. The quantitative estimate of drug-likeness (QED) is 0.773. The van der Waals surface area contributed by atoms with Gasteiger partial charge in [0, 0.05) is 24.2 Å². The summed E-state index contributed by atoms with van der Waals surface area (Å²) in [6, 6.07) is 10.1. The smallest absolute Gasteiger partial charge is 0.253 e. The van der Waals surface area contributed by atoms with Crippen molar-refractivity contribution in [1.29, 1.82) is 0 Å². The number of carbonyl (C=O) groups excluding carboxylic acids is 1. The van der Waals surface area contributed by atoms with E-state index in [4.69, 9.17) is 5.73 Å². The molecule has 0 aliphatic carbocycles. The lowest BCUT2D eigenvalue weighted by Gasteiger charge is -2.36. The van der Waals surface area contributed by atoms with Gasteiger partial charge in [0.25, 0.3) is 5.91 Å². The predicted molar refractivity (Wildman–Crippen MR) is 63.0 cm³/mol. The van der Waals surface area contributed by atoms with Crippen LogP contribution < -0.4 is 5.73 Å². The van der Waals surface area contributed by atoms with Crippen LogP contribution in [0.4, 0.5) is 0 Å².